The summed E-state index contributed by atoms with van der Waals surface area (Å²) in [4.78, 5) is 16.4. The van der Waals surface area contributed by atoms with Crippen LogP contribution >= 0.6 is 15.9 Å². The number of pyridine rings is 1. The Morgan fingerprint density at radius 3 is 2.63 bits per heavy atom. The molecule has 0 aliphatic carbocycles. The number of hydrogen-bond acceptors (Lipinski definition) is 4. The second-order valence-electron chi connectivity index (χ2n) is 5.91. The fraction of sp³-hybridized carbons (Fsp3) is 0.0526. The lowest BCUT2D eigenvalue weighted by molar-refractivity contribution is 0.102. The van der Waals surface area contributed by atoms with Gasteiger partial charge in [0.1, 0.15) is 0 Å². The van der Waals surface area contributed by atoms with Gasteiger partial charge in [-0.2, -0.15) is 10.2 Å². The van der Waals surface area contributed by atoms with Crippen molar-refractivity contribution in [2.24, 2.45) is 0 Å². The van der Waals surface area contributed by atoms with E-state index in [0.29, 0.717) is 17.9 Å². The van der Waals surface area contributed by atoms with Gasteiger partial charge in [-0.3, -0.25) is 19.6 Å². The molecule has 0 bridgehead atoms. The van der Waals surface area contributed by atoms with Gasteiger partial charge in [0.2, 0.25) is 0 Å². The Morgan fingerprint density at radius 2 is 1.93 bits per heavy atom. The van der Waals surface area contributed by atoms with E-state index in [1.165, 1.54) is 0 Å². The molecule has 27 heavy (non-hydrogen) atoms. The minimum Gasteiger partial charge on any atom is -0.305 e. The van der Waals surface area contributed by atoms with Crippen LogP contribution in [0.4, 0.5) is 5.82 Å². The van der Waals surface area contributed by atoms with Gasteiger partial charge in [-0.15, -0.1) is 0 Å². The molecule has 3 heterocycles. The molecule has 2 N–H and O–H groups in total. The Labute approximate surface area is 163 Å². The molecule has 0 aliphatic rings. The Hall–Kier alpha value is -3.26. The van der Waals surface area contributed by atoms with Crippen LogP contribution in [0.25, 0.3) is 11.3 Å². The normalized spacial score (nSPS) is 10.7. The maximum absolute atomic E-state index is 12.4. The van der Waals surface area contributed by atoms with Crippen LogP contribution in [0, 0.1) is 0 Å². The number of aromatic nitrogens is 5. The van der Waals surface area contributed by atoms with Crippen LogP contribution in [0.15, 0.2) is 71.7 Å². The highest BCUT2D eigenvalue weighted by Crippen LogP contribution is 2.19. The highest BCUT2D eigenvalue weighted by Gasteiger charge is 2.10. The Balaban J connectivity index is 1.42. The van der Waals surface area contributed by atoms with Gasteiger partial charge in [0.15, 0.2) is 5.82 Å². The molecule has 0 atom stereocenters. The van der Waals surface area contributed by atoms with Crippen LogP contribution in [-0.4, -0.2) is 30.9 Å². The number of nitrogens with zero attached hydrogens (tertiary/aromatic N) is 4. The molecular formula is C19H15BrN6O. The van der Waals surface area contributed by atoms with E-state index in [2.05, 4.69) is 41.5 Å². The lowest BCUT2D eigenvalue weighted by Gasteiger charge is -2.05. The standard InChI is InChI=1S/C19H15BrN6O/c20-16-10-22-26(12-16)11-13-1-3-15(4-2-13)19(27)23-18-9-17(24-25-18)14-5-7-21-8-6-14/h1-10,12H,11H2,(H2,23,24,25,27). The summed E-state index contributed by atoms with van der Waals surface area (Å²) in [6.45, 7) is 0.641. The van der Waals surface area contributed by atoms with Gasteiger partial charge in [-0.05, 0) is 45.8 Å². The van der Waals surface area contributed by atoms with Crippen molar-refractivity contribution in [3.05, 3.63) is 82.9 Å². The topological polar surface area (TPSA) is 88.5 Å². The molecule has 0 radical (unpaired) electrons. The molecule has 134 valence electrons. The van der Waals surface area contributed by atoms with Crippen molar-refractivity contribution in [3.8, 4) is 11.3 Å². The van der Waals surface area contributed by atoms with E-state index < -0.39 is 0 Å². The first-order valence-corrected chi connectivity index (χ1v) is 9.01. The average Bonchev–Trinajstić information content (AvgIpc) is 3.32. The second kappa shape index (κ2) is 7.55. The Kier molecular flexibility index (Phi) is 4.80. The summed E-state index contributed by atoms with van der Waals surface area (Å²) in [7, 11) is 0. The summed E-state index contributed by atoms with van der Waals surface area (Å²) in [5.41, 5.74) is 3.39. The van der Waals surface area contributed by atoms with E-state index >= 15 is 0 Å². The molecule has 0 unspecified atom stereocenters. The number of carbonyl (C=O) groups excluding carboxylic acids is 1. The summed E-state index contributed by atoms with van der Waals surface area (Å²) in [5.74, 6) is 0.258. The van der Waals surface area contributed by atoms with E-state index in [4.69, 9.17) is 0 Å². The van der Waals surface area contributed by atoms with Gasteiger partial charge in [-0.25, -0.2) is 0 Å². The van der Waals surface area contributed by atoms with E-state index in [1.54, 1.807) is 36.8 Å². The third kappa shape index (κ3) is 4.12. The number of amides is 1. The van der Waals surface area contributed by atoms with Gasteiger partial charge >= 0.3 is 0 Å². The average molecular weight is 423 g/mol. The minimum absolute atomic E-state index is 0.212. The summed E-state index contributed by atoms with van der Waals surface area (Å²) in [6, 6.07) is 12.9. The minimum atomic E-state index is -0.212. The number of carbonyl (C=O) groups is 1. The maximum Gasteiger partial charge on any atom is 0.256 e. The molecule has 4 rings (SSSR count). The predicted molar refractivity (Wildman–Crippen MR) is 105 cm³/mol. The second-order valence-corrected chi connectivity index (χ2v) is 6.83. The molecule has 0 spiro atoms. The van der Waals surface area contributed by atoms with Gasteiger partial charge < -0.3 is 5.32 Å². The molecule has 8 heteroatoms. The van der Waals surface area contributed by atoms with Crippen molar-refractivity contribution < 1.29 is 4.79 Å². The number of nitrogens with one attached hydrogen (secondary N) is 2. The molecule has 0 saturated heterocycles. The van der Waals surface area contributed by atoms with Gasteiger partial charge in [0.05, 0.1) is 22.9 Å². The lowest BCUT2D eigenvalue weighted by Crippen LogP contribution is -2.12. The van der Waals surface area contributed by atoms with Crippen molar-refractivity contribution in [2.75, 3.05) is 5.32 Å². The number of hydrogen-bond donors (Lipinski definition) is 2. The van der Waals surface area contributed by atoms with Crippen molar-refractivity contribution in [3.63, 3.8) is 0 Å². The zero-order chi connectivity index (χ0) is 18.6. The van der Waals surface area contributed by atoms with Crippen LogP contribution in [0.5, 0.6) is 0 Å². The van der Waals surface area contributed by atoms with E-state index in [1.807, 2.05) is 35.1 Å². The van der Waals surface area contributed by atoms with Crippen molar-refractivity contribution in [2.45, 2.75) is 6.54 Å². The lowest BCUT2D eigenvalue weighted by atomic mass is 10.1. The number of halogens is 1. The van der Waals surface area contributed by atoms with E-state index in [-0.39, 0.29) is 5.91 Å². The fourth-order valence-electron chi connectivity index (χ4n) is 2.63. The first-order valence-electron chi connectivity index (χ1n) is 8.21. The van der Waals surface area contributed by atoms with Crippen LogP contribution in [0.1, 0.15) is 15.9 Å². The molecule has 4 aromatic rings. The zero-order valence-corrected chi connectivity index (χ0v) is 15.7. The number of H-pyrrole nitrogens is 1. The first-order chi connectivity index (χ1) is 13.2. The van der Waals surface area contributed by atoms with Crippen LogP contribution in [0.3, 0.4) is 0 Å². The number of anilines is 1. The van der Waals surface area contributed by atoms with Crippen LogP contribution < -0.4 is 5.32 Å². The highest BCUT2D eigenvalue weighted by atomic mass is 79.9. The monoisotopic (exact) mass is 422 g/mol. The third-order valence-electron chi connectivity index (χ3n) is 3.97. The van der Waals surface area contributed by atoms with E-state index in [9.17, 15) is 4.79 Å². The smallest absolute Gasteiger partial charge is 0.256 e. The van der Waals surface area contributed by atoms with Crippen molar-refractivity contribution in [1.82, 2.24) is 25.0 Å². The molecule has 0 fully saturated rings. The number of rotatable bonds is 5. The summed E-state index contributed by atoms with van der Waals surface area (Å²) in [5, 5.41) is 14.1. The fourth-order valence-corrected chi connectivity index (χ4v) is 2.95. The highest BCUT2D eigenvalue weighted by molar-refractivity contribution is 9.10. The van der Waals surface area contributed by atoms with Crippen LogP contribution in [-0.2, 0) is 6.54 Å². The molecule has 3 aromatic heterocycles. The molecule has 0 aliphatic heterocycles. The third-order valence-corrected chi connectivity index (χ3v) is 4.38. The number of aromatic amines is 1. The summed E-state index contributed by atoms with van der Waals surface area (Å²) < 4.78 is 2.76. The maximum atomic E-state index is 12.4. The summed E-state index contributed by atoms with van der Waals surface area (Å²) >= 11 is 3.38. The van der Waals surface area contributed by atoms with Crippen LogP contribution in [0.2, 0.25) is 0 Å². The SMILES string of the molecule is O=C(Nc1cc(-c2ccncc2)[nH]n1)c1ccc(Cn2cc(Br)cn2)cc1. The molecular weight excluding hydrogens is 408 g/mol. The molecule has 1 aromatic carbocycles. The van der Waals surface area contributed by atoms with Gasteiger partial charge in [-0.1, -0.05) is 12.1 Å². The van der Waals surface area contributed by atoms with Crippen molar-refractivity contribution >= 4 is 27.7 Å². The molecule has 1 amide bonds. The van der Waals surface area contributed by atoms with Gasteiger partial charge in [0, 0.05) is 35.8 Å². The quantitative estimate of drug-likeness (QED) is 0.512. The first kappa shape index (κ1) is 17.2. The zero-order valence-electron chi connectivity index (χ0n) is 14.1. The Morgan fingerprint density at radius 1 is 1.15 bits per heavy atom. The Bertz CT molecular complexity index is 1060. The predicted octanol–water partition coefficient (Wildman–Crippen LogP) is 3.73. The van der Waals surface area contributed by atoms with E-state index in [0.717, 1.165) is 21.3 Å². The molecule has 7 nitrogen and oxygen atoms in total. The van der Waals surface area contributed by atoms with Crippen molar-refractivity contribution in [1.29, 1.82) is 0 Å². The molecule has 0 saturated carbocycles. The number of benzene rings is 1. The van der Waals surface area contributed by atoms with Gasteiger partial charge in [0.25, 0.3) is 5.91 Å². The summed E-state index contributed by atoms with van der Waals surface area (Å²) in [6.07, 6.45) is 7.06. The largest absolute Gasteiger partial charge is 0.305 e.